The summed E-state index contributed by atoms with van der Waals surface area (Å²) in [5.74, 6) is 0. The Morgan fingerprint density at radius 3 is 2.14 bits per heavy atom. The van der Waals surface area contributed by atoms with E-state index in [0.29, 0.717) is 0 Å². The molecule has 1 N–H and O–H groups in total. The van der Waals surface area contributed by atoms with Crippen molar-refractivity contribution in [2.24, 2.45) is 0 Å². The SMILES string of the molecule is O=S(=O)(CCl)Nc1c(Cl)cccc1Cl. The fraction of sp³-hybridized carbons (Fsp3) is 0.143. The Balaban J connectivity index is 3.09. The van der Waals surface area contributed by atoms with Crippen molar-refractivity contribution < 1.29 is 8.42 Å². The van der Waals surface area contributed by atoms with E-state index in [2.05, 4.69) is 4.72 Å². The van der Waals surface area contributed by atoms with Gasteiger partial charge in [-0.1, -0.05) is 29.3 Å². The highest BCUT2D eigenvalue weighted by atomic mass is 35.5. The molecule has 0 aromatic heterocycles. The zero-order chi connectivity index (χ0) is 10.8. The molecule has 0 fully saturated rings. The number of hydrogen-bond acceptors (Lipinski definition) is 2. The molecule has 1 rings (SSSR count). The minimum absolute atomic E-state index is 0.150. The van der Waals surface area contributed by atoms with Gasteiger partial charge in [0.2, 0.25) is 10.0 Å². The highest BCUT2D eigenvalue weighted by Gasteiger charge is 2.13. The first-order valence-electron chi connectivity index (χ1n) is 3.47. The first-order chi connectivity index (χ1) is 6.46. The van der Waals surface area contributed by atoms with Crippen molar-refractivity contribution >= 4 is 50.5 Å². The quantitative estimate of drug-likeness (QED) is 0.862. The number of rotatable bonds is 3. The van der Waals surface area contributed by atoms with E-state index < -0.39 is 15.2 Å². The van der Waals surface area contributed by atoms with Gasteiger partial charge < -0.3 is 0 Å². The molecule has 0 bridgehead atoms. The van der Waals surface area contributed by atoms with Gasteiger partial charge in [-0.05, 0) is 12.1 Å². The smallest absolute Gasteiger partial charge is 0.246 e. The molecule has 1 aromatic carbocycles. The van der Waals surface area contributed by atoms with E-state index in [0.717, 1.165) is 0 Å². The van der Waals surface area contributed by atoms with E-state index in [-0.39, 0.29) is 15.7 Å². The van der Waals surface area contributed by atoms with Gasteiger partial charge >= 0.3 is 0 Å². The Morgan fingerprint density at radius 1 is 1.21 bits per heavy atom. The van der Waals surface area contributed by atoms with Gasteiger partial charge in [-0.3, -0.25) is 4.72 Å². The number of anilines is 1. The van der Waals surface area contributed by atoms with Crippen LogP contribution in [-0.2, 0) is 10.0 Å². The first-order valence-corrected chi connectivity index (χ1v) is 6.41. The molecule has 14 heavy (non-hydrogen) atoms. The van der Waals surface area contributed by atoms with Crippen molar-refractivity contribution in [3.63, 3.8) is 0 Å². The highest BCUT2D eigenvalue weighted by Crippen LogP contribution is 2.30. The summed E-state index contributed by atoms with van der Waals surface area (Å²) >= 11 is 16.7. The molecular weight excluding hydrogens is 269 g/mol. The average Bonchev–Trinajstić information content (AvgIpc) is 2.12. The molecule has 0 saturated heterocycles. The van der Waals surface area contributed by atoms with Crippen molar-refractivity contribution in [1.29, 1.82) is 0 Å². The lowest BCUT2D eigenvalue weighted by atomic mass is 10.3. The van der Waals surface area contributed by atoms with Gasteiger partial charge in [0, 0.05) is 0 Å². The monoisotopic (exact) mass is 273 g/mol. The molecule has 0 saturated carbocycles. The van der Waals surface area contributed by atoms with Gasteiger partial charge in [-0.25, -0.2) is 8.42 Å². The van der Waals surface area contributed by atoms with Crippen LogP contribution in [0.2, 0.25) is 10.0 Å². The summed E-state index contributed by atoms with van der Waals surface area (Å²) in [4.78, 5) is 0. The van der Waals surface area contributed by atoms with Crippen molar-refractivity contribution in [2.75, 3.05) is 9.93 Å². The predicted molar refractivity (Wildman–Crippen MR) is 59.7 cm³/mol. The van der Waals surface area contributed by atoms with Crippen LogP contribution in [0.15, 0.2) is 18.2 Å². The van der Waals surface area contributed by atoms with Crippen LogP contribution in [0.3, 0.4) is 0 Å². The zero-order valence-electron chi connectivity index (χ0n) is 6.80. The minimum Gasteiger partial charge on any atom is -0.280 e. The molecular formula is C7H6Cl3NO2S. The number of benzene rings is 1. The normalized spacial score (nSPS) is 11.4. The Kier molecular flexibility index (Phi) is 3.89. The molecule has 0 radical (unpaired) electrons. The van der Waals surface area contributed by atoms with Gasteiger partial charge in [0.1, 0.15) is 5.21 Å². The standard InChI is InChI=1S/C7H6Cl3NO2S/c8-4-14(12,13)11-7-5(9)2-1-3-6(7)10/h1-3,11H,4H2. The largest absolute Gasteiger partial charge is 0.280 e. The fourth-order valence-electron chi connectivity index (χ4n) is 0.778. The van der Waals surface area contributed by atoms with E-state index in [9.17, 15) is 8.42 Å². The van der Waals surface area contributed by atoms with Gasteiger partial charge in [-0.2, -0.15) is 0 Å². The van der Waals surface area contributed by atoms with Crippen LogP contribution in [-0.4, -0.2) is 13.6 Å². The summed E-state index contributed by atoms with van der Waals surface area (Å²) in [6.07, 6.45) is 0. The Labute approximate surface area is 97.0 Å². The van der Waals surface area contributed by atoms with E-state index in [1.54, 1.807) is 6.07 Å². The number of hydrogen-bond donors (Lipinski definition) is 1. The van der Waals surface area contributed by atoms with E-state index >= 15 is 0 Å². The van der Waals surface area contributed by atoms with Gasteiger partial charge in [0.05, 0.1) is 15.7 Å². The minimum atomic E-state index is -3.57. The second-order valence-electron chi connectivity index (χ2n) is 2.42. The molecule has 0 atom stereocenters. The maximum absolute atomic E-state index is 11.1. The molecule has 0 aliphatic rings. The molecule has 78 valence electrons. The van der Waals surface area contributed by atoms with Gasteiger partial charge in [-0.15, -0.1) is 11.6 Å². The maximum Gasteiger partial charge on any atom is 0.246 e. The van der Waals surface area contributed by atoms with Crippen molar-refractivity contribution in [3.8, 4) is 0 Å². The first kappa shape index (κ1) is 11.9. The highest BCUT2D eigenvalue weighted by molar-refractivity contribution is 7.93. The molecule has 3 nitrogen and oxygen atoms in total. The lowest BCUT2D eigenvalue weighted by Crippen LogP contribution is -2.14. The summed E-state index contributed by atoms with van der Waals surface area (Å²) < 4.78 is 24.4. The molecule has 0 unspecified atom stereocenters. The van der Waals surface area contributed by atoms with Crippen LogP contribution in [0.1, 0.15) is 0 Å². The summed E-state index contributed by atoms with van der Waals surface area (Å²) in [6.45, 7) is 0. The van der Waals surface area contributed by atoms with Crippen molar-refractivity contribution in [2.45, 2.75) is 0 Å². The number of sulfonamides is 1. The van der Waals surface area contributed by atoms with Crippen LogP contribution in [0.4, 0.5) is 5.69 Å². The molecule has 7 heteroatoms. The maximum atomic E-state index is 11.1. The molecule has 0 aliphatic carbocycles. The predicted octanol–water partition coefficient (Wildman–Crippen LogP) is 2.93. The number of halogens is 3. The second-order valence-corrected chi connectivity index (χ2v) is 5.54. The van der Waals surface area contributed by atoms with Crippen LogP contribution in [0.5, 0.6) is 0 Å². The fourth-order valence-corrected chi connectivity index (χ4v) is 2.13. The molecule has 0 spiro atoms. The summed E-state index contributed by atoms with van der Waals surface area (Å²) in [7, 11) is -3.57. The van der Waals surface area contributed by atoms with Gasteiger partial charge in [0.15, 0.2) is 0 Å². The van der Waals surface area contributed by atoms with Crippen LogP contribution in [0.25, 0.3) is 0 Å². The zero-order valence-corrected chi connectivity index (χ0v) is 9.88. The van der Waals surface area contributed by atoms with E-state index in [1.807, 2.05) is 0 Å². The third-order valence-corrected chi connectivity index (χ3v) is 3.66. The molecule has 0 amide bonds. The lowest BCUT2D eigenvalue weighted by molar-refractivity contribution is 0.605. The molecule has 0 aliphatic heterocycles. The van der Waals surface area contributed by atoms with Gasteiger partial charge in [0.25, 0.3) is 0 Å². The summed E-state index contributed by atoms with van der Waals surface area (Å²) in [6, 6.07) is 4.67. The lowest BCUT2D eigenvalue weighted by Gasteiger charge is -2.08. The second kappa shape index (κ2) is 4.57. The Bertz CT molecular complexity index is 412. The third-order valence-electron chi connectivity index (χ3n) is 1.36. The Morgan fingerprint density at radius 2 is 1.71 bits per heavy atom. The van der Waals surface area contributed by atoms with Crippen molar-refractivity contribution in [3.05, 3.63) is 28.2 Å². The van der Waals surface area contributed by atoms with E-state index in [1.165, 1.54) is 12.1 Å². The number of nitrogens with one attached hydrogen (secondary N) is 1. The summed E-state index contributed by atoms with van der Waals surface area (Å²) in [5, 5.41) is -0.0912. The van der Waals surface area contributed by atoms with Crippen molar-refractivity contribution in [1.82, 2.24) is 0 Å². The van der Waals surface area contributed by atoms with Crippen LogP contribution in [0, 0.1) is 0 Å². The van der Waals surface area contributed by atoms with Crippen LogP contribution < -0.4 is 4.72 Å². The topological polar surface area (TPSA) is 46.2 Å². The summed E-state index contributed by atoms with van der Waals surface area (Å²) in [5.41, 5.74) is 0.150. The Hall–Kier alpha value is -0.160. The van der Waals surface area contributed by atoms with Crippen LogP contribution >= 0.6 is 34.8 Å². The molecule has 0 heterocycles. The molecule has 1 aromatic rings. The van der Waals surface area contributed by atoms with E-state index in [4.69, 9.17) is 34.8 Å². The average molecular weight is 275 g/mol. The third kappa shape index (κ3) is 2.92. The number of alkyl halides is 1. The number of para-hydroxylation sites is 1.